The van der Waals surface area contributed by atoms with Crippen molar-refractivity contribution in [1.82, 2.24) is 24.2 Å². The Bertz CT molecular complexity index is 1410. The monoisotopic (exact) mass is 538 g/mol. The van der Waals surface area contributed by atoms with Gasteiger partial charge in [-0.25, -0.2) is 26.9 Å². The van der Waals surface area contributed by atoms with E-state index in [-0.39, 0.29) is 47.7 Å². The topological polar surface area (TPSA) is 99.0 Å². The highest BCUT2D eigenvalue weighted by Gasteiger charge is 2.50. The summed E-state index contributed by atoms with van der Waals surface area (Å²) in [5, 5.41) is 4.06. The van der Waals surface area contributed by atoms with Crippen LogP contribution in [-0.4, -0.2) is 61.0 Å². The van der Waals surface area contributed by atoms with Gasteiger partial charge < -0.3 is 15.2 Å². The summed E-state index contributed by atoms with van der Waals surface area (Å²) < 4.78 is 75.1. The molecule has 3 aromatic rings. The number of benzene rings is 1. The standard InChI is InChI=1S/C25H27F5N6O2/c1-13(23(38)35-11-24(27,28)12-35)36-18-5-3-4-17(26)19(18)33-22(36)16-9-14(6-7-25(16,29)30)8-15-10-32-34(2)20(15)21(31)37/h3-5,10,13-14,16H,6-9,11-12H2,1-2H3,(H2,31,37)/t13-,14-,16?/m1/s1. The van der Waals surface area contributed by atoms with Gasteiger partial charge in [0.1, 0.15) is 23.1 Å². The highest BCUT2D eigenvalue weighted by molar-refractivity contribution is 5.92. The maximum atomic E-state index is 15.5. The van der Waals surface area contributed by atoms with Gasteiger partial charge in [0.2, 0.25) is 5.91 Å². The molecule has 8 nitrogen and oxygen atoms in total. The van der Waals surface area contributed by atoms with Crippen molar-refractivity contribution in [3.8, 4) is 0 Å². The molecule has 2 amide bonds. The molecule has 1 saturated carbocycles. The maximum Gasteiger partial charge on any atom is 0.282 e. The molecule has 5 rings (SSSR count). The Morgan fingerprint density at radius 2 is 1.92 bits per heavy atom. The average molecular weight is 539 g/mol. The number of hydrogen-bond donors (Lipinski definition) is 1. The summed E-state index contributed by atoms with van der Waals surface area (Å²) in [5.41, 5.74) is 6.17. The van der Waals surface area contributed by atoms with Gasteiger partial charge in [-0.2, -0.15) is 5.10 Å². The van der Waals surface area contributed by atoms with Gasteiger partial charge in [0.15, 0.2) is 5.82 Å². The Balaban J connectivity index is 1.52. The number of alkyl halides is 4. The van der Waals surface area contributed by atoms with Crippen LogP contribution in [0.15, 0.2) is 24.4 Å². The first-order chi connectivity index (χ1) is 17.8. The quantitative estimate of drug-likeness (QED) is 0.483. The number of fused-ring (bicyclic) bond motifs is 1. The van der Waals surface area contributed by atoms with Crippen LogP contribution in [0.5, 0.6) is 0 Å². The van der Waals surface area contributed by atoms with Crippen molar-refractivity contribution in [2.75, 3.05) is 13.1 Å². The zero-order valence-corrected chi connectivity index (χ0v) is 20.8. The number of halogens is 5. The van der Waals surface area contributed by atoms with Crippen molar-refractivity contribution in [2.24, 2.45) is 18.7 Å². The smallest absolute Gasteiger partial charge is 0.282 e. The largest absolute Gasteiger partial charge is 0.364 e. The van der Waals surface area contributed by atoms with Gasteiger partial charge in [-0.3, -0.25) is 14.3 Å². The minimum absolute atomic E-state index is 0.0618. The SMILES string of the molecule is C[C@H](C(=O)N1CC(F)(F)C1)n1c(C2C[C@@H](Cc3cnn(C)c3C(N)=O)CCC2(F)F)nc2c(F)cccc21. The Hall–Kier alpha value is -3.51. The summed E-state index contributed by atoms with van der Waals surface area (Å²) in [4.78, 5) is 30.1. The molecule has 1 aliphatic carbocycles. The van der Waals surface area contributed by atoms with Gasteiger partial charge >= 0.3 is 0 Å². The van der Waals surface area contributed by atoms with Gasteiger partial charge in [0.25, 0.3) is 17.8 Å². The second kappa shape index (κ2) is 9.05. The normalized spacial score (nSPS) is 23.3. The Morgan fingerprint density at radius 3 is 2.58 bits per heavy atom. The number of hydrogen-bond acceptors (Lipinski definition) is 4. The fourth-order valence-corrected chi connectivity index (χ4v) is 5.73. The van der Waals surface area contributed by atoms with Crippen LogP contribution < -0.4 is 5.73 Å². The molecule has 1 aromatic carbocycles. The first-order valence-corrected chi connectivity index (χ1v) is 12.3. The van der Waals surface area contributed by atoms with Crippen molar-refractivity contribution in [3.63, 3.8) is 0 Å². The molecule has 13 heteroatoms. The molecule has 0 spiro atoms. The molecule has 3 heterocycles. The summed E-state index contributed by atoms with van der Waals surface area (Å²) in [6.07, 6.45) is 1.36. The molecule has 38 heavy (non-hydrogen) atoms. The maximum absolute atomic E-state index is 15.5. The van der Waals surface area contributed by atoms with Crippen molar-refractivity contribution in [3.05, 3.63) is 47.3 Å². The summed E-state index contributed by atoms with van der Waals surface area (Å²) in [6, 6.07) is 2.83. The number of nitrogens with zero attached hydrogens (tertiary/aromatic N) is 5. The van der Waals surface area contributed by atoms with E-state index in [4.69, 9.17) is 5.73 Å². The molecule has 0 bridgehead atoms. The van der Waals surface area contributed by atoms with Crippen LogP contribution in [0.1, 0.15) is 60.0 Å². The predicted molar refractivity (Wildman–Crippen MR) is 126 cm³/mol. The van der Waals surface area contributed by atoms with Gasteiger partial charge in [-0.15, -0.1) is 0 Å². The van der Waals surface area contributed by atoms with Crippen molar-refractivity contribution >= 4 is 22.8 Å². The molecule has 1 aliphatic heterocycles. The van der Waals surface area contributed by atoms with E-state index in [1.54, 1.807) is 7.05 Å². The molecular formula is C25H27F5N6O2. The molecule has 2 fully saturated rings. The number of carbonyl (C=O) groups is 2. The van der Waals surface area contributed by atoms with E-state index in [1.165, 1.54) is 34.5 Å². The van der Waals surface area contributed by atoms with Crippen molar-refractivity contribution < 1.29 is 31.5 Å². The lowest BCUT2D eigenvalue weighted by Gasteiger charge is -2.41. The van der Waals surface area contributed by atoms with Crippen molar-refractivity contribution in [1.29, 1.82) is 0 Å². The number of carbonyl (C=O) groups excluding carboxylic acids is 2. The van der Waals surface area contributed by atoms with Crippen molar-refractivity contribution in [2.45, 2.75) is 56.4 Å². The minimum Gasteiger partial charge on any atom is -0.364 e. The number of para-hydroxylation sites is 1. The highest BCUT2D eigenvalue weighted by atomic mass is 19.3. The third kappa shape index (κ3) is 4.41. The molecule has 2 N–H and O–H groups in total. The fourth-order valence-electron chi connectivity index (χ4n) is 5.73. The molecular weight excluding hydrogens is 511 g/mol. The Kier molecular flexibility index (Phi) is 6.22. The van der Waals surface area contributed by atoms with E-state index in [0.717, 1.165) is 11.0 Å². The van der Waals surface area contributed by atoms with E-state index in [2.05, 4.69) is 10.1 Å². The van der Waals surface area contributed by atoms with Gasteiger partial charge in [0, 0.05) is 19.0 Å². The molecule has 204 valence electrons. The second-order valence-corrected chi connectivity index (χ2v) is 10.3. The Labute approximate surface area is 214 Å². The molecule has 1 saturated heterocycles. The van der Waals surface area contributed by atoms with E-state index in [9.17, 15) is 22.8 Å². The first kappa shape index (κ1) is 26.1. The zero-order valence-electron chi connectivity index (χ0n) is 20.8. The van der Waals surface area contributed by atoms with E-state index < -0.39 is 60.9 Å². The third-order valence-electron chi connectivity index (χ3n) is 7.63. The van der Waals surface area contributed by atoms with Crippen LogP contribution in [-0.2, 0) is 18.3 Å². The summed E-state index contributed by atoms with van der Waals surface area (Å²) in [6.45, 7) is -0.107. The highest BCUT2D eigenvalue weighted by Crippen LogP contribution is 2.48. The van der Waals surface area contributed by atoms with E-state index in [1.807, 2.05) is 0 Å². The fraction of sp³-hybridized carbons (Fsp3) is 0.520. The molecule has 3 atom stereocenters. The van der Waals surface area contributed by atoms with Crippen LogP contribution >= 0.6 is 0 Å². The lowest BCUT2D eigenvalue weighted by Crippen LogP contribution is -2.59. The van der Waals surface area contributed by atoms with Crippen LogP contribution in [0.3, 0.4) is 0 Å². The van der Waals surface area contributed by atoms with E-state index >= 15 is 8.78 Å². The number of imidazole rings is 1. The third-order valence-corrected chi connectivity index (χ3v) is 7.63. The lowest BCUT2D eigenvalue weighted by atomic mass is 9.75. The van der Waals surface area contributed by atoms with Crippen LogP contribution in [0.4, 0.5) is 22.0 Å². The molecule has 0 radical (unpaired) electrons. The van der Waals surface area contributed by atoms with E-state index in [0.29, 0.717) is 5.56 Å². The van der Waals surface area contributed by atoms with Crippen LogP contribution in [0.2, 0.25) is 0 Å². The van der Waals surface area contributed by atoms with Gasteiger partial charge in [0.05, 0.1) is 30.7 Å². The first-order valence-electron chi connectivity index (χ1n) is 12.3. The zero-order chi connectivity index (χ0) is 27.6. The predicted octanol–water partition coefficient (Wildman–Crippen LogP) is 3.81. The molecule has 1 unspecified atom stereocenters. The number of rotatable bonds is 6. The summed E-state index contributed by atoms with van der Waals surface area (Å²) in [5.74, 6) is -10.3. The minimum atomic E-state index is -3.22. The number of aryl methyl sites for hydroxylation is 1. The molecule has 2 aliphatic rings. The lowest BCUT2D eigenvalue weighted by molar-refractivity contribution is -0.168. The average Bonchev–Trinajstić information content (AvgIpc) is 3.38. The van der Waals surface area contributed by atoms with Crippen LogP contribution in [0, 0.1) is 11.7 Å². The van der Waals surface area contributed by atoms with Gasteiger partial charge in [-0.1, -0.05) is 6.07 Å². The number of primary amides is 1. The van der Waals surface area contributed by atoms with Crippen LogP contribution in [0.25, 0.3) is 11.0 Å². The second-order valence-electron chi connectivity index (χ2n) is 10.3. The number of amides is 2. The number of nitrogens with two attached hydrogens (primary N) is 1. The van der Waals surface area contributed by atoms with Gasteiger partial charge in [-0.05, 0) is 44.2 Å². The summed E-state index contributed by atoms with van der Waals surface area (Å²) >= 11 is 0. The molecule has 2 aromatic heterocycles. The number of likely N-dealkylation sites (tertiary alicyclic amines) is 1. The summed E-state index contributed by atoms with van der Waals surface area (Å²) in [7, 11) is 1.56. The Morgan fingerprint density at radius 1 is 1.21 bits per heavy atom. The number of aromatic nitrogens is 4.